The lowest BCUT2D eigenvalue weighted by Crippen LogP contribution is -2.14. The molecule has 0 spiro atoms. The predicted octanol–water partition coefficient (Wildman–Crippen LogP) is 6.57. The lowest BCUT2D eigenvalue weighted by atomic mass is 9.87. The second-order valence-corrected chi connectivity index (χ2v) is 10.6. The Kier molecular flexibility index (Phi) is 6.08. The molecular weight excluding hydrogens is 438 g/mol. The van der Waals surface area contributed by atoms with Gasteiger partial charge in [0.15, 0.2) is 5.13 Å². The second kappa shape index (κ2) is 8.80. The van der Waals surface area contributed by atoms with Gasteiger partial charge in [0.2, 0.25) is 0 Å². The number of amides is 1. The fourth-order valence-corrected chi connectivity index (χ4v) is 4.84. The van der Waals surface area contributed by atoms with E-state index < -0.39 is 0 Å². The van der Waals surface area contributed by atoms with Crippen molar-refractivity contribution in [2.24, 2.45) is 0 Å². The van der Waals surface area contributed by atoms with Crippen molar-refractivity contribution in [1.29, 1.82) is 0 Å². The molecule has 164 valence electrons. The van der Waals surface area contributed by atoms with Crippen LogP contribution in [0.25, 0.3) is 10.6 Å². The summed E-state index contributed by atoms with van der Waals surface area (Å²) in [6, 6.07) is 11.5. The molecule has 4 rings (SSSR count). The molecule has 0 aliphatic rings. The number of hydrogen-bond acceptors (Lipinski definition) is 7. The van der Waals surface area contributed by atoms with E-state index >= 15 is 0 Å². The highest BCUT2D eigenvalue weighted by molar-refractivity contribution is 7.16. The zero-order valence-electron chi connectivity index (χ0n) is 18.7. The Hall–Kier alpha value is -3.10. The number of benzene rings is 1. The molecule has 0 aliphatic carbocycles. The summed E-state index contributed by atoms with van der Waals surface area (Å²) < 4.78 is 0. The third-order valence-electron chi connectivity index (χ3n) is 4.91. The number of nitrogens with one attached hydrogen (secondary N) is 2. The van der Waals surface area contributed by atoms with Gasteiger partial charge in [-0.1, -0.05) is 32.9 Å². The first-order chi connectivity index (χ1) is 15.2. The summed E-state index contributed by atoms with van der Waals surface area (Å²) in [6.45, 7) is 10.5. The summed E-state index contributed by atoms with van der Waals surface area (Å²) in [5.74, 6) is 0.439. The predicted molar refractivity (Wildman–Crippen MR) is 133 cm³/mol. The Morgan fingerprint density at radius 1 is 1.00 bits per heavy atom. The van der Waals surface area contributed by atoms with Gasteiger partial charge < -0.3 is 10.6 Å². The van der Waals surface area contributed by atoms with E-state index in [1.54, 1.807) is 29.7 Å². The number of thiazole rings is 2. The highest BCUT2D eigenvalue weighted by atomic mass is 32.1. The average Bonchev–Trinajstić information content (AvgIpc) is 3.33. The fourth-order valence-electron chi connectivity index (χ4n) is 3.17. The lowest BCUT2D eigenvalue weighted by Gasteiger charge is -2.19. The maximum atomic E-state index is 12.6. The van der Waals surface area contributed by atoms with Crippen molar-refractivity contribution in [3.63, 3.8) is 0 Å². The lowest BCUT2D eigenvalue weighted by molar-refractivity contribution is 0.102. The van der Waals surface area contributed by atoms with Crippen LogP contribution < -0.4 is 10.6 Å². The van der Waals surface area contributed by atoms with Crippen molar-refractivity contribution in [2.45, 2.75) is 40.0 Å². The molecule has 32 heavy (non-hydrogen) atoms. The zero-order chi connectivity index (χ0) is 22.9. The monoisotopic (exact) mass is 463 g/mol. The van der Waals surface area contributed by atoms with E-state index in [4.69, 9.17) is 0 Å². The maximum Gasteiger partial charge on any atom is 0.257 e. The van der Waals surface area contributed by atoms with Crippen LogP contribution in [-0.4, -0.2) is 20.9 Å². The van der Waals surface area contributed by atoms with Gasteiger partial charge in [0, 0.05) is 17.3 Å². The van der Waals surface area contributed by atoms with Crippen LogP contribution in [0.2, 0.25) is 0 Å². The first-order valence-electron chi connectivity index (χ1n) is 10.2. The van der Waals surface area contributed by atoms with Crippen molar-refractivity contribution < 1.29 is 4.79 Å². The molecule has 1 amide bonds. The number of nitrogens with zero attached hydrogens (tertiary/aromatic N) is 3. The Balaban J connectivity index is 1.40. The number of aryl methyl sites for hydroxylation is 2. The largest absolute Gasteiger partial charge is 0.322 e. The minimum absolute atomic E-state index is 0.0753. The Labute approximate surface area is 195 Å². The SMILES string of the molecule is Cc1nc(C)c(-c2csc(Nc3ccc(C(=O)Nc4ccc(C(C)(C)C)cc4)cn3)n2)s1. The van der Waals surface area contributed by atoms with Gasteiger partial charge in [0.1, 0.15) is 5.82 Å². The molecule has 6 nitrogen and oxygen atoms in total. The number of rotatable bonds is 5. The van der Waals surface area contributed by atoms with Crippen LogP contribution in [0, 0.1) is 13.8 Å². The smallest absolute Gasteiger partial charge is 0.257 e. The number of hydrogen-bond donors (Lipinski definition) is 2. The van der Waals surface area contributed by atoms with E-state index in [1.165, 1.54) is 16.9 Å². The first kappa shape index (κ1) is 22.1. The average molecular weight is 464 g/mol. The molecule has 3 aromatic heterocycles. The second-order valence-electron chi connectivity index (χ2n) is 8.52. The van der Waals surface area contributed by atoms with E-state index in [1.807, 2.05) is 43.5 Å². The van der Waals surface area contributed by atoms with Crippen LogP contribution in [0.5, 0.6) is 0 Å². The van der Waals surface area contributed by atoms with Crippen molar-refractivity contribution >= 4 is 45.2 Å². The van der Waals surface area contributed by atoms with E-state index in [0.29, 0.717) is 11.4 Å². The molecule has 0 saturated carbocycles. The van der Waals surface area contributed by atoms with Crippen LogP contribution in [0.1, 0.15) is 47.4 Å². The highest BCUT2D eigenvalue weighted by Gasteiger charge is 2.14. The van der Waals surface area contributed by atoms with Crippen molar-refractivity contribution in [2.75, 3.05) is 10.6 Å². The van der Waals surface area contributed by atoms with Gasteiger partial charge in [0.25, 0.3) is 5.91 Å². The van der Waals surface area contributed by atoms with Gasteiger partial charge in [-0.2, -0.15) is 0 Å². The molecule has 0 saturated heterocycles. The molecule has 0 radical (unpaired) electrons. The number of carbonyl (C=O) groups is 1. The Morgan fingerprint density at radius 2 is 1.75 bits per heavy atom. The number of anilines is 3. The number of aromatic nitrogens is 3. The van der Waals surface area contributed by atoms with E-state index in [9.17, 15) is 4.79 Å². The Morgan fingerprint density at radius 3 is 2.34 bits per heavy atom. The van der Waals surface area contributed by atoms with Crippen molar-refractivity contribution in [3.05, 3.63) is 69.8 Å². The molecule has 1 aromatic carbocycles. The third kappa shape index (κ3) is 5.03. The number of carbonyl (C=O) groups excluding carboxylic acids is 1. The minimum Gasteiger partial charge on any atom is -0.322 e. The van der Waals surface area contributed by atoms with E-state index in [-0.39, 0.29) is 11.3 Å². The summed E-state index contributed by atoms with van der Waals surface area (Å²) in [4.78, 5) is 27.1. The van der Waals surface area contributed by atoms with Gasteiger partial charge in [-0.15, -0.1) is 22.7 Å². The summed E-state index contributed by atoms with van der Waals surface area (Å²) in [6.07, 6.45) is 1.56. The molecular formula is C24H25N5OS2. The summed E-state index contributed by atoms with van der Waals surface area (Å²) in [5.41, 5.74) is 4.45. The van der Waals surface area contributed by atoms with Crippen molar-refractivity contribution in [1.82, 2.24) is 15.0 Å². The molecule has 3 heterocycles. The van der Waals surface area contributed by atoms with Gasteiger partial charge in [-0.3, -0.25) is 4.79 Å². The first-order valence-corrected chi connectivity index (χ1v) is 11.9. The zero-order valence-corrected chi connectivity index (χ0v) is 20.3. The fraction of sp³-hybridized carbons (Fsp3) is 0.250. The van der Waals surface area contributed by atoms with Crippen LogP contribution >= 0.6 is 22.7 Å². The molecule has 2 N–H and O–H groups in total. The summed E-state index contributed by atoms with van der Waals surface area (Å²) in [7, 11) is 0. The van der Waals surface area contributed by atoms with Crippen LogP contribution in [0.3, 0.4) is 0 Å². The van der Waals surface area contributed by atoms with Crippen LogP contribution in [0.15, 0.2) is 48.0 Å². The molecule has 0 aliphatic heterocycles. The molecule has 0 fully saturated rings. The van der Waals surface area contributed by atoms with Crippen LogP contribution in [-0.2, 0) is 5.41 Å². The van der Waals surface area contributed by atoms with Gasteiger partial charge >= 0.3 is 0 Å². The molecule has 8 heteroatoms. The third-order valence-corrected chi connectivity index (χ3v) is 6.76. The molecule has 0 atom stereocenters. The topological polar surface area (TPSA) is 79.8 Å². The summed E-state index contributed by atoms with van der Waals surface area (Å²) in [5, 5.41) is 9.91. The minimum atomic E-state index is -0.194. The van der Waals surface area contributed by atoms with Gasteiger partial charge in [-0.25, -0.2) is 15.0 Å². The standard InChI is InChI=1S/C24H25N5OS2/c1-14-21(32-15(2)26-14)19-13-31-23(28-19)29-20-11-6-16(12-25-20)22(30)27-18-9-7-17(8-10-18)24(3,4)5/h6-13H,1-5H3,(H,27,30)(H,25,28,29). The number of pyridine rings is 1. The molecule has 0 unspecified atom stereocenters. The van der Waals surface area contributed by atoms with E-state index in [0.717, 1.165) is 32.1 Å². The van der Waals surface area contributed by atoms with Crippen molar-refractivity contribution in [3.8, 4) is 10.6 Å². The normalized spacial score (nSPS) is 11.4. The van der Waals surface area contributed by atoms with Gasteiger partial charge in [-0.05, 0) is 49.1 Å². The Bertz CT molecular complexity index is 1230. The highest BCUT2D eigenvalue weighted by Crippen LogP contribution is 2.32. The molecule has 4 aromatic rings. The maximum absolute atomic E-state index is 12.6. The quantitative estimate of drug-likeness (QED) is 0.350. The van der Waals surface area contributed by atoms with Gasteiger partial charge in [0.05, 0.1) is 26.8 Å². The van der Waals surface area contributed by atoms with E-state index in [2.05, 4.69) is 46.4 Å². The van der Waals surface area contributed by atoms with Crippen LogP contribution in [0.4, 0.5) is 16.6 Å². The summed E-state index contributed by atoms with van der Waals surface area (Å²) >= 11 is 3.15. The molecule has 0 bridgehead atoms.